The first kappa shape index (κ1) is 24.5. The molecular weight excluding hydrogens is 416 g/mol. The monoisotopic (exact) mass is 446 g/mol. The first-order chi connectivity index (χ1) is 15.5. The number of ether oxygens (including phenoxy) is 1. The maximum Gasteiger partial charge on any atom is 0.193 e. The number of aliphatic hydroxyl groups is 2. The van der Waals surface area contributed by atoms with E-state index in [1.165, 1.54) is 27.7 Å². The highest BCUT2D eigenvalue weighted by Crippen LogP contribution is 2.29. The van der Waals surface area contributed by atoms with Crippen molar-refractivity contribution in [2.45, 2.75) is 51.6 Å². The van der Waals surface area contributed by atoms with E-state index in [-0.39, 0.29) is 11.6 Å². The minimum absolute atomic E-state index is 0.356. The topological polar surface area (TPSA) is 83.8 Å². The van der Waals surface area contributed by atoms with Crippen molar-refractivity contribution < 1.29 is 24.5 Å². The molecule has 172 valence electrons. The van der Waals surface area contributed by atoms with Crippen LogP contribution in [0.4, 0.5) is 0 Å². The lowest BCUT2D eigenvalue weighted by Gasteiger charge is -2.21. The second kappa shape index (κ2) is 9.79. The third kappa shape index (κ3) is 6.23. The molecule has 0 bridgehead atoms. The predicted octanol–water partition coefficient (Wildman–Crippen LogP) is 4.90. The summed E-state index contributed by atoms with van der Waals surface area (Å²) in [5.74, 6) is -0.712. The maximum absolute atomic E-state index is 12.4. The van der Waals surface area contributed by atoms with Gasteiger partial charge in [-0.1, -0.05) is 78.9 Å². The average molecular weight is 447 g/mol. The standard InChI is InChI=1S/C28H30O5/c1-27(2,31)25(29)22-14-10-20(11-15-22)24(33-18-19-8-6-5-7-9-19)21-12-16-23(17-13-21)26(30)28(3,4)32/h5-17,24,31-32H,18H2,1-4H3. The Morgan fingerprint density at radius 1 is 0.697 bits per heavy atom. The molecule has 0 saturated heterocycles. The fraction of sp³-hybridized carbons (Fsp3) is 0.286. The molecule has 5 heteroatoms. The van der Waals surface area contributed by atoms with Crippen molar-refractivity contribution in [3.05, 3.63) is 107 Å². The Kier molecular flexibility index (Phi) is 7.28. The zero-order chi connectivity index (χ0) is 24.2. The Hall–Kier alpha value is -3.12. The van der Waals surface area contributed by atoms with Gasteiger partial charge in [0.25, 0.3) is 0 Å². The van der Waals surface area contributed by atoms with Crippen molar-refractivity contribution in [3.8, 4) is 0 Å². The fourth-order valence-electron chi connectivity index (χ4n) is 3.46. The second-order valence-electron chi connectivity index (χ2n) is 9.20. The van der Waals surface area contributed by atoms with E-state index in [4.69, 9.17) is 4.74 Å². The van der Waals surface area contributed by atoms with Crippen molar-refractivity contribution >= 4 is 11.6 Å². The van der Waals surface area contributed by atoms with E-state index >= 15 is 0 Å². The lowest BCUT2D eigenvalue weighted by Crippen LogP contribution is -2.31. The first-order valence-electron chi connectivity index (χ1n) is 10.9. The molecule has 2 N–H and O–H groups in total. The summed E-state index contributed by atoms with van der Waals surface area (Å²) in [7, 11) is 0. The lowest BCUT2D eigenvalue weighted by molar-refractivity contribution is 0.0487. The van der Waals surface area contributed by atoms with Gasteiger partial charge in [0.05, 0.1) is 6.61 Å². The van der Waals surface area contributed by atoms with Gasteiger partial charge in [-0.3, -0.25) is 9.59 Å². The van der Waals surface area contributed by atoms with Crippen molar-refractivity contribution in [1.29, 1.82) is 0 Å². The van der Waals surface area contributed by atoms with Crippen molar-refractivity contribution in [3.63, 3.8) is 0 Å². The van der Waals surface area contributed by atoms with Crippen LogP contribution in [-0.2, 0) is 11.3 Å². The highest BCUT2D eigenvalue weighted by atomic mass is 16.5. The molecule has 0 aromatic heterocycles. The largest absolute Gasteiger partial charge is 0.382 e. The van der Waals surface area contributed by atoms with Crippen molar-refractivity contribution in [2.75, 3.05) is 0 Å². The Morgan fingerprint density at radius 2 is 1.09 bits per heavy atom. The Morgan fingerprint density at radius 3 is 1.45 bits per heavy atom. The highest BCUT2D eigenvalue weighted by Gasteiger charge is 2.27. The van der Waals surface area contributed by atoms with E-state index < -0.39 is 17.3 Å². The molecule has 0 heterocycles. The first-order valence-corrected chi connectivity index (χ1v) is 10.9. The number of carbonyl (C=O) groups is 2. The van der Waals surface area contributed by atoms with Crippen LogP contribution in [0.2, 0.25) is 0 Å². The van der Waals surface area contributed by atoms with Crippen LogP contribution in [0.3, 0.4) is 0 Å². The number of carbonyl (C=O) groups excluding carboxylic acids is 2. The maximum atomic E-state index is 12.4. The van der Waals surface area contributed by atoms with Crippen LogP contribution in [0.25, 0.3) is 0 Å². The van der Waals surface area contributed by atoms with E-state index in [0.717, 1.165) is 16.7 Å². The quantitative estimate of drug-likeness (QED) is 0.457. The van der Waals surface area contributed by atoms with Crippen LogP contribution in [0, 0.1) is 0 Å². The lowest BCUT2D eigenvalue weighted by atomic mass is 9.92. The summed E-state index contributed by atoms with van der Waals surface area (Å²) in [6.45, 7) is 6.23. The second-order valence-corrected chi connectivity index (χ2v) is 9.20. The summed E-state index contributed by atoms with van der Waals surface area (Å²) in [4.78, 5) is 24.8. The molecule has 0 aliphatic heterocycles. The molecule has 0 unspecified atom stereocenters. The number of benzene rings is 3. The van der Waals surface area contributed by atoms with E-state index in [1.54, 1.807) is 24.3 Å². The number of hydrogen-bond acceptors (Lipinski definition) is 5. The summed E-state index contributed by atoms with van der Waals surface area (Å²) in [5.41, 5.74) is 0.615. The number of ketones is 2. The molecule has 0 atom stereocenters. The third-order valence-electron chi connectivity index (χ3n) is 5.32. The van der Waals surface area contributed by atoms with Gasteiger partial charge in [0.1, 0.15) is 17.3 Å². The van der Waals surface area contributed by atoms with E-state index in [2.05, 4.69) is 0 Å². The molecule has 5 nitrogen and oxygen atoms in total. The van der Waals surface area contributed by atoms with Gasteiger partial charge in [0.15, 0.2) is 11.6 Å². The van der Waals surface area contributed by atoms with E-state index in [1.807, 2.05) is 54.6 Å². The number of rotatable bonds is 9. The molecule has 0 fully saturated rings. The van der Waals surface area contributed by atoms with E-state index in [0.29, 0.717) is 17.7 Å². The molecule has 0 spiro atoms. The average Bonchev–Trinajstić information content (AvgIpc) is 2.78. The summed E-state index contributed by atoms with van der Waals surface area (Å²) < 4.78 is 6.27. The molecule has 33 heavy (non-hydrogen) atoms. The van der Waals surface area contributed by atoms with Gasteiger partial charge in [-0.05, 0) is 44.4 Å². The minimum Gasteiger partial charge on any atom is -0.382 e. The zero-order valence-corrected chi connectivity index (χ0v) is 19.4. The summed E-state index contributed by atoms with van der Waals surface area (Å²) in [5, 5.41) is 20.0. The fourth-order valence-corrected chi connectivity index (χ4v) is 3.46. The van der Waals surface area contributed by atoms with Gasteiger partial charge in [-0.2, -0.15) is 0 Å². The van der Waals surface area contributed by atoms with Gasteiger partial charge in [0, 0.05) is 11.1 Å². The third-order valence-corrected chi connectivity index (χ3v) is 5.32. The molecule has 3 aromatic rings. The smallest absolute Gasteiger partial charge is 0.193 e. The Bertz CT molecular complexity index is 1020. The molecule has 3 aromatic carbocycles. The summed E-state index contributed by atoms with van der Waals surface area (Å²) in [6.07, 6.45) is -0.442. The van der Waals surface area contributed by atoms with Crippen LogP contribution >= 0.6 is 0 Å². The van der Waals surface area contributed by atoms with Gasteiger partial charge in [-0.25, -0.2) is 0 Å². The molecule has 3 rings (SSSR count). The molecular formula is C28H30O5. The normalized spacial score (nSPS) is 12.1. The molecule has 0 radical (unpaired) electrons. The van der Waals surface area contributed by atoms with Gasteiger partial charge >= 0.3 is 0 Å². The molecule has 0 amide bonds. The van der Waals surface area contributed by atoms with Crippen LogP contribution in [-0.4, -0.2) is 33.0 Å². The predicted molar refractivity (Wildman–Crippen MR) is 127 cm³/mol. The SMILES string of the molecule is CC(C)(O)C(=O)c1ccc(C(OCc2ccccc2)c2ccc(C(=O)C(C)(C)O)cc2)cc1. The molecule has 0 saturated carbocycles. The van der Waals surface area contributed by atoms with E-state index in [9.17, 15) is 19.8 Å². The minimum atomic E-state index is -1.45. The summed E-state index contributed by atoms with van der Waals surface area (Å²) in [6, 6.07) is 23.8. The van der Waals surface area contributed by atoms with Crippen LogP contribution in [0.1, 0.15) is 71.2 Å². The molecule has 0 aliphatic carbocycles. The Balaban J connectivity index is 1.91. The van der Waals surface area contributed by atoms with Gasteiger partial charge in [-0.15, -0.1) is 0 Å². The van der Waals surface area contributed by atoms with Gasteiger partial charge < -0.3 is 14.9 Å². The summed E-state index contributed by atoms with van der Waals surface area (Å²) >= 11 is 0. The van der Waals surface area contributed by atoms with Crippen LogP contribution < -0.4 is 0 Å². The van der Waals surface area contributed by atoms with Crippen molar-refractivity contribution in [2.24, 2.45) is 0 Å². The van der Waals surface area contributed by atoms with Crippen LogP contribution in [0.5, 0.6) is 0 Å². The number of hydrogen-bond donors (Lipinski definition) is 2. The zero-order valence-electron chi connectivity index (χ0n) is 19.4. The van der Waals surface area contributed by atoms with Crippen LogP contribution in [0.15, 0.2) is 78.9 Å². The Labute approximate surface area is 194 Å². The van der Waals surface area contributed by atoms with Crippen molar-refractivity contribution in [1.82, 2.24) is 0 Å². The molecule has 0 aliphatic rings. The van der Waals surface area contributed by atoms with Gasteiger partial charge in [0.2, 0.25) is 0 Å². The highest BCUT2D eigenvalue weighted by molar-refractivity contribution is 6.02. The number of Topliss-reactive ketones (excluding diaryl/α,β-unsaturated/α-hetero) is 2.